The molecule has 1 N–H and O–H groups in total. The van der Waals surface area contributed by atoms with Gasteiger partial charge in [-0.3, -0.25) is 0 Å². The minimum Gasteiger partial charge on any atom is -0.507 e. The number of phenols is 1. The number of benzene rings is 2. The van der Waals surface area contributed by atoms with E-state index in [-0.39, 0.29) is 10.6 Å². The fourth-order valence-corrected chi connectivity index (χ4v) is 6.14. The van der Waals surface area contributed by atoms with Crippen LogP contribution >= 0.6 is 8.58 Å². The van der Waals surface area contributed by atoms with E-state index in [4.69, 9.17) is 0 Å². The highest BCUT2D eigenvalue weighted by molar-refractivity contribution is 7.49. The van der Waals surface area contributed by atoms with Crippen molar-refractivity contribution in [2.45, 2.75) is 85.7 Å². The highest BCUT2D eigenvalue weighted by Gasteiger charge is 2.35. The van der Waals surface area contributed by atoms with E-state index in [2.05, 4.69) is 90.6 Å². The van der Waals surface area contributed by atoms with Crippen LogP contribution in [0.15, 0.2) is 30.3 Å². The van der Waals surface area contributed by atoms with Gasteiger partial charge in [-0.2, -0.15) is 0 Å². The molecule has 2 aromatic carbocycles. The van der Waals surface area contributed by atoms with Gasteiger partial charge in [0.15, 0.2) is 0 Å². The lowest BCUT2D eigenvalue weighted by Gasteiger charge is -2.37. The molecule has 0 aliphatic rings. The van der Waals surface area contributed by atoms with E-state index in [1.54, 1.807) is 0 Å². The molecule has 0 bridgehead atoms. The molecule has 0 radical (unpaired) electrons. The Hall–Kier alpha value is -1.53. The number of anilines is 1. The maximum Gasteiger partial charge on any atom is 0.122 e. The van der Waals surface area contributed by atoms with Gasteiger partial charge in [-0.25, -0.2) is 0 Å². The normalized spacial score (nSPS) is 12.7. The van der Waals surface area contributed by atoms with Crippen molar-refractivity contribution in [3.8, 4) is 5.75 Å². The van der Waals surface area contributed by atoms with E-state index in [0.29, 0.717) is 14.3 Å². The Morgan fingerprint density at radius 1 is 0.900 bits per heavy atom. The Kier molecular flexibility index (Phi) is 8.03. The summed E-state index contributed by atoms with van der Waals surface area (Å²) >= 11 is 0. The van der Waals surface area contributed by atoms with Crippen molar-refractivity contribution >= 4 is 19.6 Å². The third-order valence-corrected chi connectivity index (χ3v) is 8.96. The second-order valence-electron chi connectivity index (χ2n) is 9.49. The fraction of sp³-hybridized carbons (Fsp3) is 0.556. The smallest absolute Gasteiger partial charge is 0.122 e. The summed E-state index contributed by atoms with van der Waals surface area (Å²) in [4.78, 5) is 2.46. The monoisotopic (exact) mass is 427 g/mol. The first-order valence-electron chi connectivity index (χ1n) is 11.5. The molecule has 2 aromatic rings. The Bertz CT molecular complexity index is 858. The van der Waals surface area contributed by atoms with E-state index in [1.807, 2.05) is 6.92 Å². The maximum absolute atomic E-state index is 11.2. The van der Waals surface area contributed by atoms with Gasteiger partial charge in [0, 0.05) is 29.5 Å². The summed E-state index contributed by atoms with van der Waals surface area (Å²) in [6.07, 6.45) is 2.02. The topological polar surface area (TPSA) is 23.5 Å². The van der Waals surface area contributed by atoms with Crippen LogP contribution in [0.25, 0.3) is 0 Å². The minimum absolute atomic E-state index is 0.0542. The summed E-state index contributed by atoms with van der Waals surface area (Å²) in [5, 5.41) is 12.6. The van der Waals surface area contributed by atoms with Crippen LogP contribution in [0, 0.1) is 13.8 Å². The molecule has 2 rings (SSSR count). The molecule has 0 aliphatic heterocycles. The number of nitrogens with zero attached hydrogens (tertiary/aromatic N) is 1. The molecule has 0 aromatic heterocycles. The molecule has 2 nitrogen and oxygen atoms in total. The fourth-order valence-electron chi connectivity index (χ4n) is 4.33. The van der Waals surface area contributed by atoms with Crippen molar-refractivity contribution in [1.29, 1.82) is 0 Å². The lowest BCUT2D eigenvalue weighted by molar-refractivity contribution is 0.442. The van der Waals surface area contributed by atoms with E-state index >= 15 is 0 Å². The van der Waals surface area contributed by atoms with Crippen molar-refractivity contribution < 1.29 is 5.11 Å². The first-order chi connectivity index (χ1) is 14.0. The van der Waals surface area contributed by atoms with Gasteiger partial charge in [0.2, 0.25) is 0 Å². The Morgan fingerprint density at radius 2 is 1.50 bits per heavy atom. The number of hydrogen-bond donors (Lipinski definition) is 1. The molecule has 0 fully saturated rings. The number of aromatic hydroxyl groups is 1. The molecule has 0 heterocycles. The Balaban J connectivity index is 2.72. The lowest BCUT2D eigenvalue weighted by Crippen LogP contribution is -2.30. The van der Waals surface area contributed by atoms with Crippen LogP contribution < -0.4 is 10.2 Å². The third kappa shape index (κ3) is 4.86. The second-order valence-corrected chi connectivity index (χ2v) is 11.2. The summed E-state index contributed by atoms with van der Waals surface area (Å²) in [7, 11) is 0.611. The van der Waals surface area contributed by atoms with Crippen LogP contribution in [-0.4, -0.2) is 18.2 Å². The van der Waals surface area contributed by atoms with E-state index in [0.717, 1.165) is 37.1 Å². The number of phenolic OH excluding ortho intramolecular Hbond substituents is 1. The summed E-state index contributed by atoms with van der Waals surface area (Å²) < 4.78 is 0. The largest absolute Gasteiger partial charge is 0.507 e. The standard InChI is InChI=1S/C27H42NOP/c1-10-27(11-2,22-18-21(26(7,8)9)17-20(6)24(22)29)30-25-19(5)15-14-16-23(25)28(12-3)13-4/h14-18,29-30H,10-13H2,1-9H3. The first-order valence-corrected chi connectivity index (χ1v) is 12.5. The van der Waals surface area contributed by atoms with Crippen molar-refractivity contribution in [2.75, 3.05) is 18.0 Å². The maximum atomic E-state index is 11.2. The third-order valence-electron chi connectivity index (χ3n) is 6.61. The van der Waals surface area contributed by atoms with Gasteiger partial charge in [0.1, 0.15) is 5.75 Å². The van der Waals surface area contributed by atoms with Crippen molar-refractivity contribution in [1.82, 2.24) is 0 Å². The highest BCUT2D eigenvalue weighted by atomic mass is 31.1. The first kappa shape index (κ1) is 24.7. The molecule has 166 valence electrons. The van der Waals surface area contributed by atoms with E-state index in [9.17, 15) is 5.11 Å². The van der Waals surface area contributed by atoms with Gasteiger partial charge in [0.25, 0.3) is 0 Å². The summed E-state index contributed by atoms with van der Waals surface area (Å²) in [5.41, 5.74) is 6.18. The predicted octanol–water partition coefficient (Wildman–Crippen LogP) is 7.17. The van der Waals surface area contributed by atoms with Crippen molar-refractivity contribution in [2.24, 2.45) is 0 Å². The van der Waals surface area contributed by atoms with Crippen molar-refractivity contribution in [3.05, 3.63) is 52.6 Å². The summed E-state index contributed by atoms with van der Waals surface area (Å²) in [6, 6.07) is 11.1. The molecule has 1 unspecified atom stereocenters. The van der Waals surface area contributed by atoms with Crippen LogP contribution in [0.2, 0.25) is 0 Å². The van der Waals surface area contributed by atoms with Gasteiger partial charge in [-0.15, -0.1) is 0 Å². The minimum atomic E-state index is -0.0654. The summed E-state index contributed by atoms with van der Waals surface area (Å²) in [5.74, 6) is 0.483. The zero-order valence-electron chi connectivity index (χ0n) is 20.6. The SMILES string of the molecule is CCN(CC)c1cccc(C)c1PC(CC)(CC)c1cc(C(C)(C)C)cc(C)c1O. The van der Waals surface area contributed by atoms with E-state index < -0.39 is 0 Å². The zero-order valence-corrected chi connectivity index (χ0v) is 21.6. The molecule has 0 saturated heterocycles. The molecule has 3 heteroatoms. The number of aryl methyl sites for hydroxylation is 2. The molecule has 0 spiro atoms. The second kappa shape index (κ2) is 9.73. The quantitative estimate of drug-likeness (QED) is 0.451. The lowest BCUT2D eigenvalue weighted by atomic mass is 9.81. The van der Waals surface area contributed by atoms with Crippen molar-refractivity contribution in [3.63, 3.8) is 0 Å². The Labute approximate surface area is 186 Å². The van der Waals surface area contributed by atoms with Crippen LogP contribution in [0.4, 0.5) is 5.69 Å². The average molecular weight is 428 g/mol. The predicted molar refractivity (Wildman–Crippen MR) is 136 cm³/mol. The van der Waals surface area contributed by atoms with Gasteiger partial charge in [0.05, 0.1) is 0 Å². The molecule has 0 amide bonds. The van der Waals surface area contributed by atoms with Gasteiger partial charge < -0.3 is 10.0 Å². The van der Waals surface area contributed by atoms with Crippen LogP contribution in [-0.2, 0) is 10.6 Å². The zero-order chi connectivity index (χ0) is 22.7. The van der Waals surface area contributed by atoms with Gasteiger partial charge in [-0.05, 0) is 74.0 Å². The van der Waals surface area contributed by atoms with E-state index in [1.165, 1.54) is 22.1 Å². The molecular weight excluding hydrogens is 385 g/mol. The number of hydrogen-bond acceptors (Lipinski definition) is 2. The summed E-state index contributed by atoms with van der Waals surface area (Å²) in [6.45, 7) is 22.1. The van der Waals surface area contributed by atoms with Crippen LogP contribution in [0.5, 0.6) is 5.75 Å². The molecule has 1 atom stereocenters. The molecule has 0 aliphatic carbocycles. The Morgan fingerprint density at radius 3 is 2.00 bits per heavy atom. The highest BCUT2D eigenvalue weighted by Crippen LogP contribution is 2.52. The van der Waals surface area contributed by atoms with Crippen LogP contribution in [0.1, 0.15) is 83.6 Å². The van der Waals surface area contributed by atoms with Gasteiger partial charge in [-0.1, -0.05) is 67.5 Å². The molecule has 0 saturated carbocycles. The van der Waals surface area contributed by atoms with Crippen LogP contribution in [0.3, 0.4) is 0 Å². The average Bonchev–Trinajstić information content (AvgIpc) is 2.70. The molecule has 30 heavy (non-hydrogen) atoms. The molecular formula is C27H42NOP. The number of rotatable bonds is 8. The van der Waals surface area contributed by atoms with Gasteiger partial charge >= 0.3 is 0 Å².